The third kappa shape index (κ3) is 4.17. The predicted octanol–water partition coefficient (Wildman–Crippen LogP) is 4.49. The van der Waals surface area contributed by atoms with Gasteiger partial charge >= 0.3 is 6.03 Å². The molecule has 27 heavy (non-hydrogen) atoms. The molecule has 5 nitrogen and oxygen atoms in total. The maximum atomic E-state index is 14.0. The number of thiophene rings is 1. The summed E-state index contributed by atoms with van der Waals surface area (Å²) >= 11 is 3.04. The summed E-state index contributed by atoms with van der Waals surface area (Å²) in [6, 6.07) is 10.5. The Morgan fingerprint density at radius 2 is 2.15 bits per heavy atom. The van der Waals surface area contributed by atoms with E-state index in [2.05, 4.69) is 15.5 Å². The number of carbonyl (C=O) groups excluding carboxylic acids is 1. The lowest BCUT2D eigenvalue weighted by atomic mass is 9.99. The fourth-order valence-corrected chi connectivity index (χ4v) is 4.83. The van der Waals surface area contributed by atoms with Crippen molar-refractivity contribution in [3.05, 3.63) is 57.5 Å². The number of hydrogen-bond acceptors (Lipinski definition) is 5. The van der Waals surface area contributed by atoms with Crippen molar-refractivity contribution in [2.75, 3.05) is 13.1 Å². The van der Waals surface area contributed by atoms with Crippen LogP contribution in [0.5, 0.6) is 0 Å². The Labute approximate surface area is 164 Å². The lowest BCUT2D eigenvalue weighted by molar-refractivity contribution is 0.179. The summed E-state index contributed by atoms with van der Waals surface area (Å²) in [5.74, 6) is -0.150. The van der Waals surface area contributed by atoms with Gasteiger partial charge in [0.15, 0.2) is 5.01 Å². The highest BCUT2D eigenvalue weighted by atomic mass is 32.1. The topological polar surface area (TPSA) is 58.1 Å². The smallest absolute Gasteiger partial charge is 0.317 e. The number of amides is 2. The standard InChI is InChI=1S/C19H19FN4OS2/c20-16-8-2-1-7-15(16)18-23-22-17(27-18)13-5-3-9-24(12-13)19(25)21-11-14-6-4-10-26-14/h1-2,4,6-8,10,13H,3,5,9,11-12H2,(H,21,25)/t13-/m0/s1. The Bertz CT molecular complexity index is 912. The lowest BCUT2D eigenvalue weighted by Crippen LogP contribution is -2.44. The van der Waals surface area contributed by atoms with Gasteiger partial charge in [-0.15, -0.1) is 21.5 Å². The molecule has 0 radical (unpaired) electrons. The van der Waals surface area contributed by atoms with E-state index in [0.717, 1.165) is 29.3 Å². The molecule has 0 spiro atoms. The second-order valence-electron chi connectivity index (χ2n) is 6.45. The molecule has 0 saturated carbocycles. The van der Waals surface area contributed by atoms with Gasteiger partial charge in [-0.05, 0) is 36.4 Å². The number of aromatic nitrogens is 2. The van der Waals surface area contributed by atoms with Gasteiger partial charge in [0.25, 0.3) is 0 Å². The number of halogens is 1. The molecule has 140 valence electrons. The molecule has 1 fully saturated rings. The van der Waals surface area contributed by atoms with Crippen molar-refractivity contribution in [1.29, 1.82) is 0 Å². The van der Waals surface area contributed by atoms with Crippen LogP contribution in [-0.4, -0.2) is 34.2 Å². The molecular weight excluding hydrogens is 383 g/mol. The third-order valence-electron chi connectivity index (χ3n) is 4.60. The van der Waals surface area contributed by atoms with Crippen molar-refractivity contribution in [1.82, 2.24) is 20.4 Å². The molecule has 1 aliphatic rings. The monoisotopic (exact) mass is 402 g/mol. The Morgan fingerprint density at radius 3 is 2.96 bits per heavy atom. The first-order chi connectivity index (χ1) is 13.2. The number of nitrogens with one attached hydrogen (secondary N) is 1. The maximum absolute atomic E-state index is 14.0. The molecule has 3 aromatic rings. The van der Waals surface area contributed by atoms with Crippen LogP contribution in [0.25, 0.3) is 10.6 Å². The molecule has 1 saturated heterocycles. The van der Waals surface area contributed by atoms with E-state index in [1.54, 1.807) is 29.5 Å². The van der Waals surface area contributed by atoms with Crippen LogP contribution in [0.4, 0.5) is 9.18 Å². The van der Waals surface area contributed by atoms with Crippen molar-refractivity contribution in [3.8, 4) is 10.6 Å². The van der Waals surface area contributed by atoms with Crippen LogP contribution in [0.3, 0.4) is 0 Å². The van der Waals surface area contributed by atoms with E-state index in [9.17, 15) is 9.18 Å². The number of benzene rings is 1. The van der Waals surface area contributed by atoms with Crippen molar-refractivity contribution in [2.45, 2.75) is 25.3 Å². The van der Waals surface area contributed by atoms with E-state index in [0.29, 0.717) is 23.7 Å². The number of urea groups is 1. The maximum Gasteiger partial charge on any atom is 0.317 e. The number of piperidine rings is 1. The summed E-state index contributed by atoms with van der Waals surface area (Å²) < 4.78 is 14.0. The molecule has 0 bridgehead atoms. The Hall–Kier alpha value is -2.32. The molecule has 1 N–H and O–H groups in total. The highest BCUT2D eigenvalue weighted by Gasteiger charge is 2.27. The van der Waals surface area contributed by atoms with Gasteiger partial charge in [-0.3, -0.25) is 0 Å². The zero-order valence-corrected chi connectivity index (χ0v) is 16.2. The molecular formula is C19H19FN4OS2. The average molecular weight is 403 g/mol. The molecule has 1 aromatic carbocycles. The van der Waals surface area contributed by atoms with E-state index in [1.165, 1.54) is 17.4 Å². The van der Waals surface area contributed by atoms with Crippen LogP contribution in [0.2, 0.25) is 0 Å². The fourth-order valence-electron chi connectivity index (χ4n) is 3.19. The summed E-state index contributed by atoms with van der Waals surface area (Å²) in [5.41, 5.74) is 0.475. The summed E-state index contributed by atoms with van der Waals surface area (Å²) in [7, 11) is 0. The van der Waals surface area contributed by atoms with E-state index in [4.69, 9.17) is 0 Å². The van der Waals surface area contributed by atoms with Crippen LogP contribution >= 0.6 is 22.7 Å². The molecule has 0 unspecified atom stereocenters. The zero-order chi connectivity index (χ0) is 18.6. The Morgan fingerprint density at radius 1 is 1.26 bits per heavy atom. The molecule has 3 heterocycles. The lowest BCUT2D eigenvalue weighted by Gasteiger charge is -2.31. The van der Waals surface area contributed by atoms with Gasteiger partial charge in [0.05, 0.1) is 6.54 Å². The fraction of sp³-hybridized carbons (Fsp3) is 0.316. The Balaban J connectivity index is 1.41. The van der Waals surface area contributed by atoms with E-state index >= 15 is 0 Å². The largest absolute Gasteiger partial charge is 0.333 e. The zero-order valence-electron chi connectivity index (χ0n) is 14.6. The molecule has 0 aliphatic carbocycles. The van der Waals surface area contributed by atoms with Crippen LogP contribution in [0, 0.1) is 5.82 Å². The average Bonchev–Trinajstić information content (AvgIpc) is 3.39. The van der Waals surface area contributed by atoms with Crippen molar-refractivity contribution in [3.63, 3.8) is 0 Å². The van der Waals surface area contributed by atoms with Crippen molar-refractivity contribution < 1.29 is 9.18 Å². The first kappa shape index (κ1) is 18.1. The Kier molecular flexibility index (Phi) is 5.45. The minimum atomic E-state index is -0.293. The van der Waals surface area contributed by atoms with Crippen LogP contribution in [0.1, 0.15) is 28.6 Å². The molecule has 1 atom stereocenters. The molecule has 4 rings (SSSR count). The molecule has 1 aliphatic heterocycles. The molecule has 2 aromatic heterocycles. The minimum Gasteiger partial charge on any atom is -0.333 e. The molecule has 2 amide bonds. The number of nitrogens with zero attached hydrogens (tertiary/aromatic N) is 3. The van der Waals surface area contributed by atoms with E-state index in [-0.39, 0.29) is 17.8 Å². The normalized spacial score (nSPS) is 17.1. The number of rotatable bonds is 4. The van der Waals surface area contributed by atoms with Gasteiger partial charge in [-0.2, -0.15) is 0 Å². The second-order valence-corrected chi connectivity index (χ2v) is 8.49. The second kappa shape index (κ2) is 8.14. The van der Waals surface area contributed by atoms with Crippen LogP contribution < -0.4 is 5.32 Å². The minimum absolute atomic E-state index is 0.0491. The first-order valence-electron chi connectivity index (χ1n) is 8.84. The van der Waals surface area contributed by atoms with Gasteiger partial charge in [-0.25, -0.2) is 9.18 Å². The van der Waals surface area contributed by atoms with Crippen molar-refractivity contribution in [2.24, 2.45) is 0 Å². The van der Waals surface area contributed by atoms with Crippen LogP contribution in [0.15, 0.2) is 41.8 Å². The van der Waals surface area contributed by atoms with E-state index in [1.807, 2.05) is 22.4 Å². The highest BCUT2D eigenvalue weighted by Crippen LogP contribution is 2.33. The summed E-state index contributed by atoms with van der Waals surface area (Å²) in [4.78, 5) is 15.5. The van der Waals surface area contributed by atoms with E-state index < -0.39 is 0 Å². The summed E-state index contributed by atoms with van der Waals surface area (Å²) in [6.07, 6.45) is 1.88. The highest BCUT2D eigenvalue weighted by molar-refractivity contribution is 7.14. The SMILES string of the molecule is O=C(NCc1cccs1)N1CCC[C@H](c2nnc(-c3ccccc3F)s2)C1. The van der Waals surface area contributed by atoms with Gasteiger partial charge in [-0.1, -0.05) is 29.5 Å². The third-order valence-corrected chi connectivity index (χ3v) is 6.59. The van der Waals surface area contributed by atoms with Gasteiger partial charge in [0, 0.05) is 29.4 Å². The number of hydrogen-bond donors (Lipinski definition) is 1. The number of likely N-dealkylation sites (tertiary alicyclic amines) is 1. The summed E-state index contributed by atoms with van der Waals surface area (Å²) in [5, 5.41) is 14.9. The van der Waals surface area contributed by atoms with Gasteiger partial charge in [0.1, 0.15) is 10.8 Å². The quantitative estimate of drug-likeness (QED) is 0.699. The van der Waals surface area contributed by atoms with Gasteiger partial charge in [0.2, 0.25) is 0 Å². The van der Waals surface area contributed by atoms with Crippen molar-refractivity contribution >= 4 is 28.7 Å². The summed E-state index contributed by atoms with van der Waals surface area (Å²) in [6.45, 7) is 1.90. The number of carbonyl (C=O) groups is 1. The predicted molar refractivity (Wildman–Crippen MR) is 105 cm³/mol. The van der Waals surface area contributed by atoms with Gasteiger partial charge < -0.3 is 10.2 Å². The van der Waals surface area contributed by atoms with Crippen LogP contribution in [-0.2, 0) is 6.54 Å². The molecule has 8 heteroatoms. The first-order valence-corrected chi connectivity index (χ1v) is 10.5.